The molecule has 0 radical (unpaired) electrons. The fourth-order valence-corrected chi connectivity index (χ4v) is 5.03. The molecule has 4 amide bonds. The van der Waals surface area contributed by atoms with Gasteiger partial charge >= 0.3 is 6.09 Å². The summed E-state index contributed by atoms with van der Waals surface area (Å²) in [6, 6.07) is 16.2. The number of nitrogens with two attached hydrogens (primary N) is 1. The highest BCUT2D eigenvalue weighted by Gasteiger charge is 2.34. The van der Waals surface area contributed by atoms with Crippen molar-refractivity contribution >= 4 is 23.8 Å². The van der Waals surface area contributed by atoms with Crippen LogP contribution >= 0.6 is 0 Å². The van der Waals surface area contributed by atoms with Gasteiger partial charge in [-0.25, -0.2) is 4.79 Å². The molecule has 6 N–H and O–H groups in total. The number of nitrogens with one attached hydrogen (secondary N) is 3. The third kappa shape index (κ3) is 12.9. The first-order valence-electron chi connectivity index (χ1n) is 15.8. The number of hydrogen-bond acceptors (Lipinski definition) is 6. The van der Waals surface area contributed by atoms with E-state index >= 15 is 0 Å². The number of ether oxygens (including phenoxy) is 1. The maximum atomic E-state index is 13.9. The molecular formula is C35H52N4O6. The summed E-state index contributed by atoms with van der Waals surface area (Å²) in [5.74, 6) is -2.82. The Bertz CT molecular complexity index is 1230. The molecule has 0 aliphatic heterocycles. The Labute approximate surface area is 267 Å². The Morgan fingerprint density at radius 1 is 0.800 bits per heavy atom. The van der Waals surface area contributed by atoms with Crippen molar-refractivity contribution in [2.45, 2.75) is 104 Å². The lowest BCUT2D eigenvalue weighted by Crippen LogP contribution is -2.57. The predicted molar refractivity (Wildman–Crippen MR) is 175 cm³/mol. The van der Waals surface area contributed by atoms with Gasteiger partial charge in [0.25, 0.3) is 0 Å². The zero-order valence-electron chi connectivity index (χ0n) is 27.7. The van der Waals surface area contributed by atoms with Gasteiger partial charge in [-0.1, -0.05) is 94.8 Å². The summed E-state index contributed by atoms with van der Waals surface area (Å²) in [5.41, 5.74) is 6.60. The van der Waals surface area contributed by atoms with Crippen LogP contribution in [0.3, 0.4) is 0 Å². The molecule has 248 valence electrons. The Balaban J connectivity index is 2.34. The second-order valence-corrected chi connectivity index (χ2v) is 13.1. The maximum absolute atomic E-state index is 13.9. The molecule has 2 aromatic rings. The SMILES string of the molecule is CC[C@H](C)[C@H](NC(=O)[C@@H](NC(=O)[C@H](Cc1ccccc1)C[C@@H](O)[C@H](Cc1ccccc1)NC(=O)OC(C)(C)C)C(C)C)C(N)=O. The van der Waals surface area contributed by atoms with Crippen molar-refractivity contribution in [3.05, 3.63) is 71.8 Å². The van der Waals surface area contributed by atoms with E-state index in [0.717, 1.165) is 11.1 Å². The van der Waals surface area contributed by atoms with Crippen LogP contribution in [0.4, 0.5) is 4.79 Å². The third-order valence-corrected chi connectivity index (χ3v) is 7.75. The molecule has 0 saturated carbocycles. The van der Waals surface area contributed by atoms with Crippen LogP contribution < -0.4 is 21.7 Å². The summed E-state index contributed by atoms with van der Waals surface area (Å²) in [6.07, 6.45) is -0.580. The largest absolute Gasteiger partial charge is 0.444 e. The zero-order chi connectivity index (χ0) is 33.7. The lowest BCUT2D eigenvalue weighted by molar-refractivity contribution is -0.134. The number of carbonyl (C=O) groups is 4. The number of alkyl carbamates (subject to hydrolysis) is 1. The third-order valence-electron chi connectivity index (χ3n) is 7.75. The molecule has 45 heavy (non-hydrogen) atoms. The number of hydrogen-bond donors (Lipinski definition) is 5. The average Bonchev–Trinajstić information content (AvgIpc) is 2.97. The summed E-state index contributed by atoms with van der Waals surface area (Å²) in [7, 11) is 0. The molecule has 0 heterocycles. The van der Waals surface area contributed by atoms with Crippen molar-refractivity contribution in [2.75, 3.05) is 0 Å². The Hall–Kier alpha value is -3.92. The molecule has 2 aromatic carbocycles. The van der Waals surface area contributed by atoms with Gasteiger partial charge in [0.1, 0.15) is 17.7 Å². The highest BCUT2D eigenvalue weighted by Crippen LogP contribution is 2.20. The molecule has 10 heteroatoms. The highest BCUT2D eigenvalue weighted by molar-refractivity contribution is 5.92. The number of rotatable bonds is 16. The van der Waals surface area contributed by atoms with E-state index in [1.165, 1.54) is 0 Å². The van der Waals surface area contributed by atoms with E-state index in [9.17, 15) is 24.3 Å². The molecule has 6 atom stereocenters. The first kappa shape index (κ1) is 37.3. The lowest BCUT2D eigenvalue weighted by atomic mass is 9.88. The van der Waals surface area contributed by atoms with Gasteiger partial charge in [-0.2, -0.15) is 0 Å². The number of amides is 4. The van der Waals surface area contributed by atoms with Crippen LogP contribution in [0.15, 0.2) is 60.7 Å². The Kier molecular flexibility index (Phi) is 14.5. The number of primary amides is 1. The highest BCUT2D eigenvalue weighted by atomic mass is 16.6. The fourth-order valence-electron chi connectivity index (χ4n) is 5.03. The number of aliphatic hydroxyl groups excluding tert-OH is 1. The topological polar surface area (TPSA) is 160 Å². The summed E-state index contributed by atoms with van der Waals surface area (Å²) in [5, 5.41) is 20.0. The van der Waals surface area contributed by atoms with Crippen LogP contribution in [-0.4, -0.2) is 58.8 Å². The molecule has 10 nitrogen and oxygen atoms in total. The first-order chi connectivity index (χ1) is 21.1. The van der Waals surface area contributed by atoms with Crippen molar-refractivity contribution in [1.82, 2.24) is 16.0 Å². The summed E-state index contributed by atoms with van der Waals surface area (Å²) < 4.78 is 5.46. The van der Waals surface area contributed by atoms with E-state index in [2.05, 4.69) is 16.0 Å². The van der Waals surface area contributed by atoms with Crippen molar-refractivity contribution in [1.29, 1.82) is 0 Å². The molecule has 0 aromatic heterocycles. The normalized spacial score (nSPS) is 15.6. The summed E-state index contributed by atoms with van der Waals surface area (Å²) in [6.45, 7) is 12.6. The quantitative estimate of drug-likeness (QED) is 0.191. The van der Waals surface area contributed by atoms with Crippen molar-refractivity contribution in [2.24, 2.45) is 23.5 Å². The molecule has 0 bridgehead atoms. The molecule has 0 saturated heterocycles. The van der Waals surface area contributed by atoms with E-state index in [1.807, 2.05) is 74.5 Å². The van der Waals surface area contributed by atoms with Gasteiger partial charge in [0.2, 0.25) is 17.7 Å². The number of benzene rings is 2. The predicted octanol–water partition coefficient (Wildman–Crippen LogP) is 3.89. The van der Waals surface area contributed by atoms with E-state index in [4.69, 9.17) is 10.5 Å². The van der Waals surface area contributed by atoms with Gasteiger partial charge in [0.15, 0.2) is 0 Å². The van der Waals surface area contributed by atoms with Gasteiger partial charge < -0.3 is 31.5 Å². The minimum atomic E-state index is -1.13. The lowest BCUT2D eigenvalue weighted by Gasteiger charge is -2.30. The summed E-state index contributed by atoms with van der Waals surface area (Å²) in [4.78, 5) is 52.1. The molecule has 0 spiro atoms. The van der Waals surface area contributed by atoms with E-state index in [-0.39, 0.29) is 24.7 Å². The van der Waals surface area contributed by atoms with Crippen molar-refractivity contribution < 1.29 is 29.0 Å². The van der Waals surface area contributed by atoms with Gasteiger partial charge in [0, 0.05) is 5.92 Å². The molecule has 0 aliphatic rings. The van der Waals surface area contributed by atoms with Crippen molar-refractivity contribution in [3.8, 4) is 0 Å². The number of aliphatic hydroxyl groups is 1. The van der Waals surface area contributed by atoms with Crippen LogP contribution in [0, 0.1) is 17.8 Å². The van der Waals surface area contributed by atoms with Gasteiger partial charge in [-0.3, -0.25) is 14.4 Å². The Morgan fingerprint density at radius 3 is 1.78 bits per heavy atom. The molecule has 0 aliphatic carbocycles. The van der Waals surface area contributed by atoms with Crippen LogP contribution in [0.5, 0.6) is 0 Å². The molecule has 2 rings (SSSR count). The second kappa shape index (κ2) is 17.5. The fraction of sp³-hybridized carbons (Fsp3) is 0.543. The van der Waals surface area contributed by atoms with Gasteiger partial charge in [-0.05, 0) is 63.0 Å². The van der Waals surface area contributed by atoms with Crippen LogP contribution in [0.25, 0.3) is 0 Å². The Morgan fingerprint density at radius 2 is 1.31 bits per heavy atom. The monoisotopic (exact) mass is 624 g/mol. The van der Waals surface area contributed by atoms with Crippen LogP contribution in [-0.2, 0) is 32.0 Å². The van der Waals surface area contributed by atoms with Crippen LogP contribution in [0.1, 0.15) is 72.4 Å². The van der Waals surface area contributed by atoms with Crippen LogP contribution in [0.2, 0.25) is 0 Å². The standard InChI is InChI=1S/C35H52N4O6/c1-8-23(4)30(31(36)41)39-33(43)29(22(2)3)38-32(42)26(19-24-15-11-9-12-16-24)21-28(40)27(20-25-17-13-10-14-18-25)37-34(44)45-35(5,6)7/h9-18,22-23,26-30,40H,8,19-21H2,1-7H3,(H2,36,41)(H,37,44)(H,38,42)(H,39,43)/t23-,26+,27-,28+,29-,30-/m0/s1. The zero-order valence-corrected chi connectivity index (χ0v) is 27.7. The van der Waals surface area contributed by atoms with Crippen molar-refractivity contribution in [3.63, 3.8) is 0 Å². The van der Waals surface area contributed by atoms with E-state index in [1.54, 1.807) is 34.6 Å². The minimum absolute atomic E-state index is 0.00274. The van der Waals surface area contributed by atoms with E-state index in [0.29, 0.717) is 12.8 Å². The maximum Gasteiger partial charge on any atom is 0.407 e. The van der Waals surface area contributed by atoms with E-state index < -0.39 is 59.6 Å². The molecule has 0 unspecified atom stereocenters. The molecule has 0 fully saturated rings. The summed E-state index contributed by atoms with van der Waals surface area (Å²) >= 11 is 0. The molecular weight excluding hydrogens is 572 g/mol. The second-order valence-electron chi connectivity index (χ2n) is 13.1. The van der Waals surface area contributed by atoms with Gasteiger partial charge in [-0.15, -0.1) is 0 Å². The average molecular weight is 625 g/mol. The number of carbonyl (C=O) groups excluding carboxylic acids is 4. The minimum Gasteiger partial charge on any atom is -0.444 e. The van der Waals surface area contributed by atoms with Gasteiger partial charge in [0.05, 0.1) is 12.1 Å². The smallest absolute Gasteiger partial charge is 0.407 e. The first-order valence-corrected chi connectivity index (χ1v) is 15.8.